The highest BCUT2D eigenvalue weighted by Gasteiger charge is 2.15. The van der Waals surface area contributed by atoms with Crippen LogP contribution in [-0.2, 0) is 13.1 Å². The summed E-state index contributed by atoms with van der Waals surface area (Å²) >= 11 is 0. The van der Waals surface area contributed by atoms with Crippen LogP contribution in [0.1, 0.15) is 11.4 Å². The Labute approximate surface area is 151 Å². The van der Waals surface area contributed by atoms with Crippen LogP contribution in [0.2, 0.25) is 0 Å². The van der Waals surface area contributed by atoms with Gasteiger partial charge in [-0.1, -0.05) is 25.3 Å². The monoisotopic (exact) mass is 344 g/mol. The molecule has 0 aliphatic heterocycles. The predicted molar refractivity (Wildman–Crippen MR) is 99.8 cm³/mol. The van der Waals surface area contributed by atoms with Gasteiger partial charge < -0.3 is 0 Å². The summed E-state index contributed by atoms with van der Waals surface area (Å²) < 4.78 is 7.97. The molecular formula is C20H20N6+2. The molecule has 0 bridgehead atoms. The van der Waals surface area contributed by atoms with Gasteiger partial charge in [-0.15, -0.1) is 0 Å². The largest absolute Gasteiger partial charge is 0.248 e. The van der Waals surface area contributed by atoms with E-state index in [1.54, 1.807) is 12.4 Å². The summed E-state index contributed by atoms with van der Waals surface area (Å²) in [5.41, 5.74) is 3.72. The van der Waals surface area contributed by atoms with Crippen molar-refractivity contribution < 1.29 is 9.13 Å². The SMILES string of the molecule is C=Cn1cc[n+](Cc2nc3ccccc3nc2C[n+]2ccn(C=C)c2)c1. The number of imidazole rings is 2. The Hall–Kier alpha value is -3.54. The first-order valence-electron chi connectivity index (χ1n) is 8.38. The molecule has 0 N–H and O–H groups in total. The van der Waals surface area contributed by atoms with Gasteiger partial charge in [-0.05, 0) is 12.1 Å². The van der Waals surface area contributed by atoms with E-state index in [9.17, 15) is 0 Å². The van der Waals surface area contributed by atoms with Gasteiger partial charge in [0.1, 0.15) is 49.3 Å². The molecule has 0 saturated heterocycles. The molecule has 0 aliphatic carbocycles. The molecule has 3 aromatic heterocycles. The van der Waals surface area contributed by atoms with Crippen molar-refractivity contribution in [2.75, 3.05) is 0 Å². The van der Waals surface area contributed by atoms with Crippen LogP contribution >= 0.6 is 0 Å². The molecule has 1 aromatic carbocycles. The lowest BCUT2D eigenvalue weighted by Gasteiger charge is -2.07. The van der Waals surface area contributed by atoms with Crippen LogP contribution in [0, 0.1) is 0 Å². The van der Waals surface area contributed by atoms with Crippen molar-refractivity contribution in [2.24, 2.45) is 0 Å². The Bertz CT molecular complexity index is 1000. The van der Waals surface area contributed by atoms with E-state index in [0.717, 1.165) is 22.4 Å². The first kappa shape index (κ1) is 16.0. The molecule has 4 rings (SSSR count). The fraction of sp³-hybridized carbons (Fsp3) is 0.100. The van der Waals surface area contributed by atoms with Crippen LogP contribution in [0.25, 0.3) is 23.4 Å². The molecule has 128 valence electrons. The smallest absolute Gasteiger partial charge is 0.245 e. The second-order valence-electron chi connectivity index (χ2n) is 6.04. The minimum Gasteiger partial charge on any atom is -0.245 e. The summed E-state index contributed by atoms with van der Waals surface area (Å²) in [6, 6.07) is 7.97. The number of fused-ring (bicyclic) bond motifs is 1. The Morgan fingerprint density at radius 1 is 0.808 bits per heavy atom. The van der Waals surface area contributed by atoms with Gasteiger partial charge in [0, 0.05) is 0 Å². The molecule has 6 heteroatoms. The third-order valence-corrected chi connectivity index (χ3v) is 4.24. The molecule has 0 amide bonds. The Morgan fingerprint density at radius 3 is 1.65 bits per heavy atom. The maximum atomic E-state index is 4.87. The first-order valence-corrected chi connectivity index (χ1v) is 8.38. The van der Waals surface area contributed by atoms with Crippen LogP contribution in [0.4, 0.5) is 0 Å². The van der Waals surface area contributed by atoms with Gasteiger partial charge in [0.25, 0.3) is 0 Å². The quantitative estimate of drug-likeness (QED) is 0.503. The van der Waals surface area contributed by atoms with Gasteiger partial charge >= 0.3 is 0 Å². The normalized spacial score (nSPS) is 10.9. The fourth-order valence-corrected chi connectivity index (χ4v) is 2.90. The molecule has 26 heavy (non-hydrogen) atoms. The molecule has 0 atom stereocenters. The number of hydrogen-bond acceptors (Lipinski definition) is 2. The molecule has 0 unspecified atom stereocenters. The Balaban J connectivity index is 1.74. The molecule has 0 spiro atoms. The van der Waals surface area contributed by atoms with E-state index in [1.807, 2.05) is 70.8 Å². The van der Waals surface area contributed by atoms with Crippen LogP contribution in [0.15, 0.2) is 74.9 Å². The number of rotatable bonds is 6. The van der Waals surface area contributed by atoms with E-state index in [4.69, 9.17) is 9.97 Å². The van der Waals surface area contributed by atoms with E-state index in [2.05, 4.69) is 22.3 Å². The number of aromatic nitrogens is 6. The van der Waals surface area contributed by atoms with Gasteiger partial charge in [0.05, 0.1) is 23.4 Å². The Kier molecular flexibility index (Phi) is 4.15. The average Bonchev–Trinajstić information content (AvgIpc) is 3.31. The molecule has 0 fully saturated rings. The highest BCUT2D eigenvalue weighted by molar-refractivity contribution is 5.74. The van der Waals surface area contributed by atoms with Crippen LogP contribution in [-0.4, -0.2) is 19.1 Å². The van der Waals surface area contributed by atoms with E-state index in [-0.39, 0.29) is 0 Å². The third-order valence-electron chi connectivity index (χ3n) is 4.24. The van der Waals surface area contributed by atoms with Crippen molar-refractivity contribution in [3.8, 4) is 0 Å². The molecule has 0 radical (unpaired) electrons. The first-order chi connectivity index (χ1) is 12.7. The van der Waals surface area contributed by atoms with Crippen molar-refractivity contribution in [2.45, 2.75) is 13.1 Å². The minimum atomic E-state index is 0.650. The van der Waals surface area contributed by atoms with E-state index < -0.39 is 0 Å². The van der Waals surface area contributed by atoms with Crippen molar-refractivity contribution >= 4 is 23.4 Å². The summed E-state index contributed by atoms with van der Waals surface area (Å²) in [7, 11) is 0. The van der Waals surface area contributed by atoms with Crippen molar-refractivity contribution in [3.05, 3.63) is 86.3 Å². The topological polar surface area (TPSA) is 43.4 Å². The van der Waals surface area contributed by atoms with E-state index in [0.29, 0.717) is 13.1 Å². The van der Waals surface area contributed by atoms with Crippen LogP contribution in [0.3, 0.4) is 0 Å². The summed E-state index contributed by atoms with van der Waals surface area (Å²) in [5.74, 6) is 0. The number of para-hydroxylation sites is 2. The average molecular weight is 344 g/mol. The summed E-state index contributed by atoms with van der Waals surface area (Å²) in [6.45, 7) is 8.87. The number of hydrogen-bond donors (Lipinski definition) is 0. The standard InChI is InChI=1S/C20H20N6/c1-3-23-9-11-25(15-23)13-19-20(14-26-12-10-24(4-2)16-26)22-18-8-6-5-7-17(18)21-19/h3-12,15-16H,1-2,13-14H2/q+2. The Morgan fingerprint density at radius 2 is 1.27 bits per heavy atom. The second kappa shape index (κ2) is 6.76. The van der Waals surface area contributed by atoms with Crippen LogP contribution in [0.5, 0.6) is 0 Å². The zero-order valence-corrected chi connectivity index (χ0v) is 14.4. The van der Waals surface area contributed by atoms with E-state index >= 15 is 0 Å². The molecule has 4 aromatic rings. The maximum Gasteiger partial charge on any atom is 0.248 e. The number of benzene rings is 1. The lowest BCUT2D eigenvalue weighted by molar-refractivity contribution is -0.693. The molecule has 3 heterocycles. The van der Waals surface area contributed by atoms with Gasteiger partial charge in [0.15, 0.2) is 0 Å². The van der Waals surface area contributed by atoms with E-state index in [1.165, 1.54) is 0 Å². The lowest BCUT2D eigenvalue weighted by atomic mass is 10.2. The van der Waals surface area contributed by atoms with Gasteiger partial charge in [0.2, 0.25) is 12.7 Å². The highest BCUT2D eigenvalue weighted by atomic mass is 15.1. The maximum absolute atomic E-state index is 4.87. The summed E-state index contributed by atoms with van der Waals surface area (Å²) in [4.78, 5) is 9.74. The van der Waals surface area contributed by atoms with Gasteiger partial charge in [-0.2, -0.15) is 0 Å². The molecule has 0 saturated carbocycles. The number of nitrogens with zero attached hydrogens (tertiary/aromatic N) is 6. The van der Waals surface area contributed by atoms with Crippen molar-refractivity contribution in [3.63, 3.8) is 0 Å². The molecular weight excluding hydrogens is 324 g/mol. The lowest BCUT2D eigenvalue weighted by Crippen LogP contribution is -2.36. The van der Waals surface area contributed by atoms with Gasteiger partial charge in [-0.3, -0.25) is 0 Å². The highest BCUT2D eigenvalue weighted by Crippen LogP contribution is 2.13. The predicted octanol–water partition coefficient (Wildman–Crippen LogP) is 2.11. The van der Waals surface area contributed by atoms with Gasteiger partial charge in [-0.25, -0.2) is 28.2 Å². The minimum absolute atomic E-state index is 0.650. The van der Waals surface area contributed by atoms with Crippen molar-refractivity contribution in [1.82, 2.24) is 19.1 Å². The van der Waals surface area contributed by atoms with Crippen molar-refractivity contribution in [1.29, 1.82) is 0 Å². The zero-order valence-electron chi connectivity index (χ0n) is 14.4. The fourth-order valence-electron chi connectivity index (χ4n) is 2.90. The molecule has 6 nitrogen and oxygen atoms in total. The third kappa shape index (κ3) is 3.17. The summed E-state index contributed by atoms with van der Waals surface area (Å²) in [5, 5.41) is 0. The second-order valence-corrected chi connectivity index (χ2v) is 6.04. The summed E-state index contributed by atoms with van der Waals surface area (Å²) in [6.07, 6.45) is 15.4. The van der Waals surface area contributed by atoms with Crippen LogP contribution < -0.4 is 9.13 Å². The zero-order chi connectivity index (χ0) is 17.9. The molecule has 0 aliphatic rings.